The first kappa shape index (κ1) is 15.7. The first-order valence-electron chi connectivity index (χ1n) is 6.54. The van der Waals surface area contributed by atoms with Crippen LogP contribution in [0.3, 0.4) is 0 Å². The van der Waals surface area contributed by atoms with E-state index in [0.717, 1.165) is 16.8 Å². The van der Waals surface area contributed by atoms with E-state index < -0.39 is 17.4 Å². The number of benzene rings is 1. The average Bonchev–Trinajstić information content (AvgIpc) is 2.84. The molecule has 0 saturated carbocycles. The summed E-state index contributed by atoms with van der Waals surface area (Å²) < 4.78 is 26.6. The van der Waals surface area contributed by atoms with E-state index in [0.29, 0.717) is 13.1 Å². The summed E-state index contributed by atoms with van der Waals surface area (Å²) in [7, 11) is 1.86. The van der Waals surface area contributed by atoms with Crippen molar-refractivity contribution >= 4 is 17.1 Å². The van der Waals surface area contributed by atoms with Gasteiger partial charge >= 0.3 is 0 Å². The number of Topliss-reactive ketones (excluding diaryl/α,β-unsaturated/α-hetero) is 1. The van der Waals surface area contributed by atoms with Gasteiger partial charge in [-0.1, -0.05) is 6.07 Å². The second-order valence-electron chi connectivity index (χ2n) is 4.87. The highest BCUT2D eigenvalue weighted by Gasteiger charge is 2.15. The van der Waals surface area contributed by atoms with Gasteiger partial charge in [0.15, 0.2) is 17.4 Å². The van der Waals surface area contributed by atoms with Gasteiger partial charge in [0.05, 0.1) is 16.3 Å². The Hall–Kier alpha value is -1.66. The van der Waals surface area contributed by atoms with E-state index in [9.17, 15) is 13.6 Å². The Kier molecular flexibility index (Phi) is 5.14. The highest BCUT2D eigenvalue weighted by atomic mass is 32.1. The van der Waals surface area contributed by atoms with Crippen LogP contribution in [0.25, 0.3) is 0 Å². The lowest BCUT2D eigenvalue weighted by molar-refractivity contribution is 0.0962. The monoisotopic (exact) mass is 310 g/mol. The largest absolute Gasteiger partial charge is 0.300 e. The number of aromatic nitrogens is 1. The molecule has 0 aliphatic rings. The summed E-state index contributed by atoms with van der Waals surface area (Å²) in [5.74, 6) is -2.46. The fourth-order valence-corrected chi connectivity index (χ4v) is 2.59. The highest BCUT2D eigenvalue weighted by molar-refractivity contribution is 7.09. The van der Waals surface area contributed by atoms with Gasteiger partial charge in [-0.25, -0.2) is 13.8 Å². The van der Waals surface area contributed by atoms with Gasteiger partial charge in [-0.2, -0.15) is 0 Å². The van der Waals surface area contributed by atoms with Crippen LogP contribution in [0.1, 0.15) is 27.5 Å². The van der Waals surface area contributed by atoms with Gasteiger partial charge in [0.25, 0.3) is 0 Å². The van der Waals surface area contributed by atoms with Crippen LogP contribution in [-0.4, -0.2) is 29.3 Å². The number of ketones is 1. The number of carbonyl (C=O) groups is 1. The first-order valence-corrected chi connectivity index (χ1v) is 7.42. The molecule has 21 heavy (non-hydrogen) atoms. The van der Waals surface area contributed by atoms with Gasteiger partial charge in [0.2, 0.25) is 0 Å². The van der Waals surface area contributed by atoms with Crippen molar-refractivity contribution in [1.29, 1.82) is 0 Å². The third kappa shape index (κ3) is 4.15. The molecule has 2 rings (SSSR count). The topological polar surface area (TPSA) is 33.2 Å². The minimum atomic E-state index is -1.07. The summed E-state index contributed by atoms with van der Waals surface area (Å²) in [5, 5.41) is 2.97. The predicted molar refractivity (Wildman–Crippen MR) is 78.5 cm³/mol. The second-order valence-corrected chi connectivity index (χ2v) is 5.93. The van der Waals surface area contributed by atoms with Crippen LogP contribution in [0.4, 0.5) is 8.78 Å². The molecule has 0 radical (unpaired) electrons. The molecule has 0 amide bonds. The smallest absolute Gasteiger partial charge is 0.169 e. The Balaban J connectivity index is 1.90. The summed E-state index contributed by atoms with van der Waals surface area (Å²) in [6.07, 6.45) is 0.139. The molecule has 2 aromatic rings. The maximum absolute atomic E-state index is 13.5. The van der Waals surface area contributed by atoms with Crippen molar-refractivity contribution in [2.45, 2.75) is 19.9 Å². The summed E-state index contributed by atoms with van der Waals surface area (Å²) >= 11 is 1.58. The van der Waals surface area contributed by atoms with Crippen LogP contribution in [0, 0.1) is 18.6 Å². The Morgan fingerprint density at radius 3 is 2.81 bits per heavy atom. The fraction of sp³-hybridized carbons (Fsp3) is 0.333. The van der Waals surface area contributed by atoms with Crippen LogP contribution >= 0.6 is 11.3 Å². The Bertz CT molecular complexity index is 642. The molecular weight excluding hydrogens is 294 g/mol. The van der Waals surface area contributed by atoms with Crippen molar-refractivity contribution in [2.75, 3.05) is 13.6 Å². The summed E-state index contributed by atoms with van der Waals surface area (Å²) in [6, 6.07) is 3.65. The maximum Gasteiger partial charge on any atom is 0.169 e. The van der Waals surface area contributed by atoms with Crippen LogP contribution in [-0.2, 0) is 6.54 Å². The normalized spacial score (nSPS) is 11.1. The SMILES string of the molecule is Cc1nc(CN(C)CCC(=O)c2cccc(F)c2F)cs1. The molecule has 0 aliphatic carbocycles. The fourth-order valence-electron chi connectivity index (χ4n) is 1.98. The minimum absolute atomic E-state index is 0.139. The molecule has 0 aliphatic heterocycles. The molecule has 0 bridgehead atoms. The summed E-state index contributed by atoms with van der Waals surface area (Å²) in [5.41, 5.74) is 0.761. The van der Waals surface area contributed by atoms with Crippen LogP contribution in [0.15, 0.2) is 23.6 Å². The van der Waals surface area contributed by atoms with Crippen molar-refractivity contribution < 1.29 is 13.6 Å². The highest BCUT2D eigenvalue weighted by Crippen LogP contribution is 2.14. The van der Waals surface area contributed by atoms with Crippen molar-refractivity contribution in [1.82, 2.24) is 9.88 Å². The summed E-state index contributed by atoms with van der Waals surface area (Å²) in [4.78, 5) is 18.2. The van der Waals surface area contributed by atoms with E-state index in [1.165, 1.54) is 12.1 Å². The molecule has 0 atom stereocenters. The first-order chi connectivity index (χ1) is 9.97. The molecule has 1 aromatic carbocycles. The van der Waals surface area contributed by atoms with Gasteiger partial charge in [-0.15, -0.1) is 11.3 Å². The number of thiazole rings is 1. The van der Waals surface area contributed by atoms with Gasteiger partial charge in [0.1, 0.15) is 0 Å². The number of nitrogens with zero attached hydrogens (tertiary/aromatic N) is 2. The lowest BCUT2D eigenvalue weighted by Crippen LogP contribution is -2.22. The van der Waals surface area contributed by atoms with Crippen LogP contribution < -0.4 is 0 Å². The lowest BCUT2D eigenvalue weighted by atomic mass is 10.1. The third-order valence-corrected chi connectivity index (χ3v) is 3.89. The Morgan fingerprint density at radius 2 is 2.14 bits per heavy atom. The van der Waals surface area contributed by atoms with Crippen molar-refractivity contribution in [3.8, 4) is 0 Å². The van der Waals surface area contributed by atoms with Crippen molar-refractivity contribution in [2.24, 2.45) is 0 Å². The Morgan fingerprint density at radius 1 is 1.38 bits per heavy atom. The minimum Gasteiger partial charge on any atom is -0.300 e. The molecule has 0 fully saturated rings. The van der Waals surface area contributed by atoms with E-state index in [1.807, 2.05) is 24.3 Å². The molecule has 0 saturated heterocycles. The number of rotatable bonds is 6. The van der Waals surface area contributed by atoms with Gasteiger partial charge < -0.3 is 4.90 Å². The van der Waals surface area contributed by atoms with Crippen LogP contribution in [0.2, 0.25) is 0 Å². The zero-order valence-electron chi connectivity index (χ0n) is 11.9. The van der Waals surface area contributed by atoms with Gasteiger partial charge in [0, 0.05) is 24.9 Å². The van der Waals surface area contributed by atoms with Gasteiger partial charge in [-0.3, -0.25) is 4.79 Å². The molecule has 112 valence electrons. The molecule has 3 nitrogen and oxygen atoms in total. The molecular formula is C15H16F2N2OS. The molecule has 0 unspecified atom stereocenters. The number of hydrogen-bond donors (Lipinski definition) is 0. The van der Waals surface area contributed by atoms with E-state index in [-0.39, 0.29) is 12.0 Å². The lowest BCUT2D eigenvalue weighted by Gasteiger charge is -2.14. The molecule has 1 aromatic heterocycles. The predicted octanol–water partition coefficient (Wildman–Crippen LogP) is 3.43. The van der Waals surface area contributed by atoms with E-state index >= 15 is 0 Å². The number of aryl methyl sites for hydroxylation is 1. The van der Waals surface area contributed by atoms with E-state index in [1.54, 1.807) is 11.3 Å². The van der Waals surface area contributed by atoms with Crippen molar-refractivity contribution in [3.05, 3.63) is 51.5 Å². The molecule has 1 heterocycles. The zero-order valence-corrected chi connectivity index (χ0v) is 12.7. The standard InChI is InChI=1S/C15H16F2N2OS/c1-10-18-11(9-21-10)8-19(2)7-6-14(20)12-4-3-5-13(16)15(12)17/h3-5,9H,6-8H2,1-2H3. The number of halogens is 2. The average molecular weight is 310 g/mol. The van der Waals surface area contributed by atoms with Crippen molar-refractivity contribution in [3.63, 3.8) is 0 Å². The van der Waals surface area contributed by atoms with E-state index in [4.69, 9.17) is 0 Å². The summed E-state index contributed by atoms with van der Waals surface area (Å²) in [6.45, 7) is 3.03. The number of carbonyl (C=O) groups excluding carboxylic acids is 1. The molecule has 0 N–H and O–H groups in total. The molecule has 0 spiro atoms. The zero-order chi connectivity index (χ0) is 15.4. The maximum atomic E-state index is 13.5. The number of hydrogen-bond acceptors (Lipinski definition) is 4. The van der Waals surface area contributed by atoms with Crippen LogP contribution in [0.5, 0.6) is 0 Å². The van der Waals surface area contributed by atoms with Gasteiger partial charge in [-0.05, 0) is 26.1 Å². The molecule has 6 heteroatoms. The quantitative estimate of drug-likeness (QED) is 0.766. The van der Waals surface area contributed by atoms with E-state index in [2.05, 4.69) is 4.98 Å². The third-order valence-electron chi connectivity index (χ3n) is 3.07. The Labute approximate surface area is 126 Å². The second kappa shape index (κ2) is 6.87.